The minimum Gasteiger partial charge on any atom is -0.358 e. The molecule has 3 aliphatic rings. The summed E-state index contributed by atoms with van der Waals surface area (Å²) >= 11 is 0. The fraction of sp³-hybridized carbons (Fsp3) is 0.469. The Morgan fingerprint density at radius 3 is 2.54 bits per heavy atom. The fourth-order valence-electron chi connectivity index (χ4n) is 5.94. The number of carbonyl (C=O) groups is 1. The molecule has 216 valence electrons. The van der Waals surface area contributed by atoms with Gasteiger partial charge in [-0.2, -0.15) is 0 Å². The molecule has 1 amide bonds. The zero-order valence-electron chi connectivity index (χ0n) is 23.8. The number of piperidine rings is 1. The molecule has 2 atom stereocenters. The molecule has 0 radical (unpaired) electrons. The van der Waals surface area contributed by atoms with Crippen molar-refractivity contribution in [1.82, 2.24) is 19.8 Å². The van der Waals surface area contributed by atoms with Crippen molar-refractivity contribution < 1.29 is 14.3 Å². The van der Waals surface area contributed by atoms with Crippen LogP contribution in [0.15, 0.2) is 65.7 Å². The number of hydrogen-bond acceptors (Lipinski definition) is 7. The second-order valence-corrected chi connectivity index (χ2v) is 11.6. The largest absolute Gasteiger partial charge is 0.358 e. The third kappa shape index (κ3) is 6.22. The highest BCUT2D eigenvalue weighted by atomic mass is 16.7. The lowest BCUT2D eigenvalue weighted by Gasteiger charge is -2.39. The molecule has 41 heavy (non-hydrogen) atoms. The summed E-state index contributed by atoms with van der Waals surface area (Å²) in [6.07, 6.45) is 7.07. The minimum absolute atomic E-state index is 0.109. The summed E-state index contributed by atoms with van der Waals surface area (Å²) < 4.78 is 13.4. The zero-order chi connectivity index (χ0) is 28.4. The number of benzene rings is 2. The van der Waals surface area contributed by atoms with Crippen molar-refractivity contribution >= 4 is 11.7 Å². The number of nitrogens with one attached hydrogen (secondary N) is 2. The van der Waals surface area contributed by atoms with E-state index in [1.54, 1.807) is 23.0 Å². The van der Waals surface area contributed by atoms with E-state index in [0.29, 0.717) is 24.5 Å². The Hall–Kier alpha value is -3.53. The fourth-order valence-corrected chi connectivity index (χ4v) is 5.94. The Labute approximate surface area is 240 Å². The highest BCUT2D eigenvalue weighted by Crippen LogP contribution is 2.33. The molecule has 1 saturated carbocycles. The molecule has 0 unspecified atom stereocenters. The molecular formula is C32H39N5O4. The molecule has 2 saturated heterocycles. The van der Waals surface area contributed by atoms with Gasteiger partial charge in [-0.3, -0.25) is 14.2 Å². The minimum atomic E-state index is -0.399. The summed E-state index contributed by atoms with van der Waals surface area (Å²) in [5.41, 5.74) is 2.97. The standard InChI is InChI=1S/C32H39N5O4/c1-22-8-9-25(30(38)34-26-10-11-26)20-27(22)37-17-14-33-29(31(37)39)35-28(24-6-4-3-5-7-24)23(2)21-36-15-12-32(13-16-36)40-18-19-41-32/h3-9,14,17,20,23,26,28H,10-13,15-16,18-19,21H2,1-2H3,(H,33,35)(H,34,38)/t23-,28-/m1/s1. The van der Waals surface area contributed by atoms with Crippen LogP contribution >= 0.6 is 0 Å². The smallest absolute Gasteiger partial charge is 0.297 e. The molecule has 1 aromatic heterocycles. The van der Waals surface area contributed by atoms with Gasteiger partial charge in [-0.25, -0.2) is 4.98 Å². The summed E-state index contributed by atoms with van der Waals surface area (Å²) in [5.74, 6) is -0.0419. The normalized spacial score (nSPS) is 20.0. The highest BCUT2D eigenvalue weighted by Gasteiger charge is 2.40. The SMILES string of the molecule is Cc1ccc(C(=O)NC2CC2)cc1-n1ccnc(N[C@@H](c2ccccc2)[C@H](C)CN2CCC3(CC2)OCCO3)c1=O. The molecule has 2 N–H and O–H groups in total. The van der Waals surface area contributed by atoms with E-state index in [2.05, 4.69) is 39.6 Å². The Kier molecular flexibility index (Phi) is 7.92. The molecule has 1 aliphatic carbocycles. The third-order valence-electron chi connectivity index (χ3n) is 8.48. The number of hydrogen-bond donors (Lipinski definition) is 2. The molecule has 1 spiro atoms. The average molecular weight is 558 g/mol. The lowest BCUT2D eigenvalue weighted by Crippen LogP contribution is -2.47. The Bertz CT molecular complexity index is 1420. The van der Waals surface area contributed by atoms with Gasteiger partial charge in [-0.05, 0) is 48.9 Å². The molecule has 2 aromatic carbocycles. The van der Waals surface area contributed by atoms with Crippen molar-refractivity contribution in [1.29, 1.82) is 0 Å². The molecule has 9 heteroatoms. The maximum atomic E-state index is 13.8. The molecule has 3 fully saturated rings. The molecule has 3 aromatic rings. The summed E-state index contributed by atoms with van der Waals surface area (Å²) in [6.45, 7) is 8.19. The molecule has 9 nitrogen and oxygen atoms in total. The lowest BCUT2D eigenvalue weighted by molar-refractivity contribution is -0.185. The number of ether oxygens (including phenoxy) is 2. The molecular weight excluding hydrogens is 518 g/mol. The molecule has 0 bridgehead atoms. The first-order valence-electron chi connectivity index (χ1n) is 14.7. The van der Waals surface area contributed by atoms with Gasteiger partial charge in [0.2, 0.25) is 0 Å². The van der Waals surface area contributed by atoms with Crippen LogP contribution in [-0.2, 0) is 9.47 Å². The molecule has 2 aliphatic heterocycles. The number of aromatic nitrogens is 2. The first-order chi connectivity index (χ1) is 19.9. The summed E-state index contributed by atoms with van der Waals surface area (Å²) in [6, 6.07) is 15.8. The number of likely N-dealkylation sites (tertiary alicyclic amines) is 1. The van der Waals surface area contributed by atoms with E-state index in [1.807, 2.05) is 37.3 Å². The van der Waals surface area contributed by atoms with E-state index >= 15 is 0 Å². The Balaban J connectivity index is 1.23. The second kappa shape index (κ2) is 11.8. The van der Waals surface area contributed by atoms with Gasteiger partial charge in [-0.15, -0.1) is 0 Å². The number of anilines is 1. The van der Waals surface area contributed by atoms with Gasteiger partial charge in [0.15, 0.2) is 11.6 Å². The van der Waals surface area contributed by atoms with E-state index in [9.17, 15) is 9.59 Å². The first kappa shape index (κ1) is 27.6. The second-order valence-electron chi connectivity index (χ2n) is 11.6. The van der Waals surface area contributed by atoms with Crippen LogP contribution in [-0.4, -0.2) is 65.0 Å². The van der Waals surface area contributed by atoms with Gasteiger partial charge in [0, 0.05) is 56.5 Å². The van der Waals surface area contributed by atoms with E-state index in [1.165, 1.54) is 0 Å². The van der Waals surface area contributed by atoms with Gasteiger partial charge < -0.3 is 25.0 Å². The Morgan fingerprint density at radius 2 is 1.83 bits per heavy atom. The van der Waals surface area contributed by atoms with Gasteiger partial charge >= 0.3 is 0 Å². The summed E-state index contributed by atoms with van der Waals surface area (Å²) in [4.78, 5) is 33.5. The first-order valence-corrected chi connectivity index (χ1v) is 14.7. The van der Waals surface area contributed by atoms with Gasteiger partial charge in [0.05, 0.1) is 24.9 Å². The average Bonchev–Trinajstić information content (AvgIpc) is 3.69. The molecule has 3 heterocycles. The van der Waals surface area contributed by atoms with Crippen molar-refractivity contribution in [3.05, 3.63) is 88.0 Å². The van der Waals surface area contributed by atoms with Crippen LogP contribution < -0.4 is 16.2 Å². The summed E-state index contributed by atoms with van der Waals surface area (Å²) in [5, 5.41) is 6.53. The number of aryl methyl sites for hydroxylation is 1. The maximum Gasteiger partial charge on any atom is 0.297 e. The van der Waals surface area contributed by atoms with E-state index in [4.69, 9.17) is 9.47 Å². The van der Waals surface area contributed by atoms with E-state index in [-0.39, 0.29) is 35.3 Å². The quantitative estimate of drug-likeness (QED) is 0.410. The van der Waals surface area contributed by atoms with Crippen LogP contribution in [0.5, 0.6) is 0 Å². The predicted octanol–water partition coefficient (Wildman–Crippen LogP) is 4.06. The zero-order valence-corrected chi connectivity index (χ0v) is 23.8. The van der Waals surface area contributed by atoms with E-state index in [0.717, 1.165) is 56.4 Å². The van der Waals surface area contributed by atoms with Gasteiger partial charge in [0.25, 0.3) is 11.5 Å². The van der Waals surface area contributed by atoms with Crippen LogP contribution in [0.2, 0.25) is 0 Å². The topological polar surface area (TPSA) is 97.7 Å². The van der Waals surface area contributed by atoms with Crippen LogP contribution in [0.3, 0.4) is 0 Å². The van der Waals surface area contributed by atoms with Gasteiger partial charge in [-0.1, -0.05) is 43.3 Å². The van der Waals surface area contributed by atoms with Crippen LogP contribution in [0.1, 0.15) is 60.1 Å². The van der Waals surface area contributed by atoms with E-state index < -0.39 is 5.79 Å². The van der Waals surface area contributed by atoms with Crippen molar-refractivity contribution in [2.75, 3.05) is 38.2 Å². The number of carbonyl (C=O) groups excluding carboxylic acids is 1. The van der Waals surface area contributed by atoms with Crippen molar-refractivity contribution in [2.24, 2.45) is 5.92 Å². The van der Waals surface area contributed by atoms with Crippen LogP contribution in [0.4, 0.5) is 5.82 Å². The predicted molar refractivity (Wildman–Crippen MR) is 157 cm³/mol. The highest BCUT2D eigenvalue weighted by molar-refractivity contribution is 5.95. The summed E-state index contributed by atoms with van der Waals surface area (Å²) in [7, 11) is 0. The number of rotatable bonds is 9. The van der Waals surface area contributed by atoms with Crippen molar-refractivity contribution in [3.63, 3.8) is 0 Å². The maximum absolute atomic E-state index is 13.8. The monoisotopic (exact) mass is 557 g/mol. The third-order valence-corrected chi connectivity index (χ3v) is 8.48. The van der Waals surface area contributed by atoms with Gasteiger partial charge in [0.1, 0.15) is 0 Å². The van der Waals surface area contributed by atoms with Crippen LogP contribution in [0, 0.1) is 12.8 Å². The Morgan fingerprint density at radius 1 is 1.10 bits per heavy atom. The molecule has 6 rings (SSSR count). The number of nitrogens with zero attached hydrogens (tertiary/aromatic N) is 3. The lowest BCUT2D eigenvalue weighted by atomic mass is 9.92. The van der Waals surface area contributed by atoms with Crippen LogP contribution in [0.25, 0.3) is 5.69 Å². The number of amides is 1. The van der Waals surface area contributed by atoms with Crippen molar-refractivity contribution in [2.45, 2.75) is 57.4 Å². The van der Waals surface area contributed by atoms with Crippen molar-refractivity contribution in [3.8, 4) is 5.69 Å².